The van der Waals surface area contributed by atoms with E-state index in [0.29, 0.717) is 19.3 Å². The van der Waals surface area contributed by atoms with Gasteiger partial charge in [-0.25, -0.2) is 5.43 Å². The molecule has 0 aromatic rings. The number of nitrogens with two attached hydrogens (primary N) is 2. The molecule has 0 fully saturated rings. The Kier molecular flexibility index (Phi) is 4.13. The number of hydrazine groups is 1. The number of hydrogen-bond donors (Lipinski definition) is 4. The van der Waals surface area contributed by atoms with Crippen LogP contribution in [0.4, 0.5) is 0 Å². The molecule has 0 rings (SSSR count). The molecule has 0 bridgehead atoms. The number of nitrogens with one attached hydrogen (secondary N) is 1. The lowest BCUT2D eigenvalue weighted by molar-refractivity contribution is -0.0725. The van der Waals surface area contributed by atoms with E-state index in [1.807, 2.05) is 20.8 Å². The molecule has 0 amide bonds. The first-order chi connectivity index (χ1) is 5.49. The van der Waals surface area contributed by atoms with Crippen LogP contribution in [0.15, 0.2) is 0 Å². The van der Waals surface area contributed by atoms with Crippen molar-refractivity contribution in [3.8, 4) is 0 Å². The van der Waals surface area contributed by atoms with Crippen molar-refractivity contribution in [3.63, 3.8) is 0 Å². The van der Waals surface area contributed by atoms with Gasteiger partial charge in [0.05, 0.1) is 5.54 Å². The van der Waals surface area contributed by atoms with Crippen LogP contribution in [0.5, 0.6) is 0 Å². The third-order valence-electron chi connectivity index (χ3n) is 2.84. The van der Waals surface area contributed by atoms with Crippen molar-refractivity contribution >= 4 is 0 Å². The first-order valence-electron chi connectivity index (χ1n) is 4.48. The van der Waals surface area contributed by atoms with Crippen LogP contribution in [0.1, 0.15) is 40.0 Å². The summed E-state index contributed by atoms with van der Waals surface area (Å²) < 4.78 is 0. The second-order valence-corrected chi connectivity index (χ2v) is 3.22. The fourth-order valence-corrected chi connectivity index (χ4v) is 1.43. The molecule has 1 unspecified atom stereocenters. The normalized spacial score (nSPS) is 17.5. The monoisotopic (exact) mass is 175 g/mol. The minimum Gasteiger partial charge on any atom is -0.373 e. The number of rotatable bonds is 5. The summed E-state index contributed by atoms with van der Waals surface area (Å²) in [6.07, 6.45) is 1.89. The van der Waals surface area contributed by atoms with Crippen LogP contribution in [0.2, 0.25) is 0 Å². The Bertz CT molecular complexity index is 114. The lowest BCUT2D eigenvalue weighted by atomic mass is 9.81. The molecular weight excluding hydrogens is 154 g/mol. The summed E-state index contributed by atoms with van der Waals surface area (Å²) in [7, 11) is 0. The Morgan fingerprint density at radius 1 is 1.17 bits per heavy atom. The van der Waals surface area contributed by atoms with Gasteiger partial charge in [0, 0.05) is 0 Å². The summed E-state index contributed by atoms with van der Waals surface area (Å²) in [5, 5.41) is 9.99. The van der Waals surface area contributed by atoms with Crippen LogP contribution < -0.4 is 17.0 Å². The van der Waals surface area contributed by atoms with Crippen LogP contribution in [-0.2, 0) is 0 Å². The molecule has 0 aliphatic heterocycles. The van der Waals surface area contributed by atoms with Crippen LogP contribution in [0, 0.1) is 0 Å². The SMILES string of the molecule is CCC(N)(CC)C(O)(CC)NN. The quantitative estimate of drug-likeness (QED) is 0.270. The molecule has 0 saturated heterocycles. The first-order valence-corrected chi connectivity index (χ1v) is 4.48. The zero-order valence-electron chi connectivity index (χ0n) is 8.22. The van der Waals surface area contributed by atoms with Crippen molar-refractivity contribution < 1.29 is 5.11 Å². The van der Waals surface area contributed by atoms with E-state index in [4.69, 9.17) is 11.6 Å². The molecule has 6 N–H and O–H groups in total. The molecule has 1 atom stereocenters. The topological polar surface area (TPSA) is 84.3 Å². The van der Waals surface area contributed by atoms with Crippen molar-refractivity contribution in [1.29, 1.82) is 0 Å². The molecule has 0 aliphatic carbocycles. The average Bonchev–Trinajstić information content (AvgIpc) is 2.15. The largest absolute Gasteiger partial charge is 0.373 e. The van der Waals surface area contributed by atoms with Crippen LogP contribution >= 0.6 is 0 Å². The minimum absolute atomic E-state index is 0.502. The summed E-state index contributed by atoms with van der Waals surface area (Å²) in [6.45, 7) is 5.75. The van der Waals surface area contributed by atoms with Gasteiger partial charge in [0.25, 0.3) is 0 Å². The summed E-state index contributed by atoms with van der Waals surface area (Å²) in [6, 6.07) is 0. The Balaban J connectivity index is 4.66. The van der Waals surface area contributed by atoms with Crippen LogP contribution in [0.3, 0.4) is 0 Å². The summed E-state index contributed by atoms with van der Waals surface area (Å²) >= 11 is 0. The van der Waals surface area contributed by atoms with E-state index in [1.54, 1.807) is 0 Å². The van der Waals surface area contributed by atoms with Gasteiger partial charge < -0.3 is 10.8 Å². The molecule has 12 heavy (non-hydrogen) atoms. The second-order valence-electron chi connectivity index (χ2n) is 3.22. The van der Waals surface area contributed by atoms with Gasteiger partial charge in [-0.05, 0) is 19.3 Å². The van der Waals surface area contributed by atoms with E-state index in [2.05, 4.69) is 5.43 Å². The fraction of sp³-hybridized carbons (Fsp3) is 1.00. The lowest BCUT2D eigenvalue weighted by Crippen LogP contribution is -2.68. The zero-order chi connectivity index (χ0) is 9.83. The maximum atomic E-state index is 9.99. The van der Waals surface area contributed by atoms with E-state index < -0.39 is 11.3 Å². The lowest BCUT2D eigenvalue weighted by Gasteiger charge is -2.42. The Hall–Kier alpha value is -0.160. The highest BCUT2D eigenvalue weighted by Crippen LogP contribution is 2.26. The molecule has 4 heteroatoms. The second kappa shape index (κ2) is 4.18. The van der Waals surface area contributed by atoms with E-state index >= 15 is 0 Å². The highest BCUT2D eigenvalue weighted by molar-refractivity contribution is 4.98. The molecular formula is C8H21N3O. The summed E-state index contributed by atoms with van der Waals surface area (Å²) in [4.78, 5) is 0. The molecule has 0 heterocycles. The van der Waals surface area contributed by atoms with Crippen LogP contribution in [0.25, 0.3) is 0 Å². The molecule has 0 aliphatic rings. The van der Waals surface area contributed by atoms with E-state index in [0.717, 1.165) is 0 Å². The maximum absolute atomic E-state index is 9.99. The molecule has 0 radical (unpaired) electrons. The van der Waals surface area contributed by atoms with Crippen molar-refractivity contribution in [1.82, 2.24) is 5.43 Å². The van der Waals surface area contributed by atoms with Crippen LogP contribution in [-0.4, -0.2) is 16.4 Å². The third-order valence-corrected chi connectivity index (χ3v) is 2.84. The van der Waals surface area contributed by atoms with Gasteiger partial charge in [0.2, 0.25) is 0 Å². The van der Waals surface area contributed by atoms with Gasteiger partial charge in [0.15, 0.2) is 0 Å². The van der Waals surface area contributed by atoms with Crippen molar-refractivity contribution in [2.75, 3.05) is 0 Å². The van der Waals surface area contributed by atoms with Crippen molar-refractivity contribution in [2.45, 2.75) is 51.3 Å². The Morgan fingerprint density at radius 2 is 1.58 bits per heavy atom. The van der Waals surface area contributed by atoms with Gasteiger partial charge in [-0.1, -0.05) is 20.8 Å². The highest BCUT2D eigenvalue weighted by Gasteiger charge is 2.42. The summed E-state index contributed by atoms with van der Waals surface area (Å²) in [5.41, 5.74) is 6.61. The first kappa shape index (κ1) is 11.8. The highest BCUT2D eigenvalue weighted by atomic mass is 16.3. The van der Waals surface area contributed by atoms with Gasteiger partial charge in [0.1, 0.15) is 5.72 Å². The molecule has 0 aromatic carbocycles. The standard InChI is InChI=1S/C8H21N3O/c1-4-7(9,5-2)8(12,6-3)11-10/h11-12H,4-6,9-10H2,1-3H3. The molecule has 74 valence electrons. The van der Waals surface area contributed by atoms with E-state index in [9.17, 15) is 5.11 Å². The minimum atomic E-state index is -1.16. The molecule has 0 aromatic heterocycles. The van der Waals surface area contributed by atoms with Crippen molar-refractivity contribution in [2.24, 2.45) is 11.6 Å². The zero-order valence-corrected chi connectivity index (χ0v) is 8.22. The Morgan fingerprint density at radius 3 is 1.67 bits per heavy atom. The van der Waals surface area contributed by atoms with E-state index in [-0.39, 0.29) is 0 Å². The molecule has 0 spiro atoms. The number of aliphatic hydroxyl groups is 1. The summed E-state index contributed by atoms with van der Waals surface area (Å²) in [5.74, 6) is 5.27. The third kappa shape index (κ3) is 1.77. The van der Waals surface area contributed by atoms with Gasteiger partial charge in [-0.2, -0.15) is 0 Å². The smallest absolute Gasteiger partial charge is 0.145 e. The molecule has 0 saturated carbocycles. The molecule has 4 nitrogen and oxygen atoms in total. The van der Waals surface area contributed by atoms with Gasteiger partial charge in [-0.15, -0.1) is 0 Å². The maximum Gasteiger partial charge on any atom is 0.145 e. The fourth-order valence-electron chi connectivity index (χ4n) is 1.43. The van der Waals surface area contributed by atoms with Gasteiger partial charge >= 0.3 is 0 Å². The van der Waals surface area contributed by atoms with E-state index in [1.165, 1.54) is 0 Å². The predicted octanol–water partition coefficient (Wildman–Crippen LogP) is 0.0658. The van der Waals surface area contributed by atoms with Crippen molar-refractivity contribution in [3.05, 3.63) is 0 Å². The number of hydrogen-bond acceptors (Lipinski definition) is 4. The average molecular weight is 175 g/mol. The predicted molar refractivity (Wildman–Crippen MR) is 50.1 cm³/mol. The van der Waals surface area contributed by atoms with Gasteiger partial charge in [-0.3, -0.25) is 5.84 Å². The Labute approximate surface area is 74.3 Å².